The summed E-state index contributed by atoms with van der Waals surface area (Å²) in [6.07, 6.45) is 1.95. The van der Waals surface area contributed by atoms with Gasteiger partial charge in [-0.15, -0.1) is 0 Å². The van der Waals surface area contributed by atoms with E-state index in [1.165, 1.54) is 5.56 Å². The van der Waals surface area contributed by atoms with Crippen LogP contribution in [0.1, 0.15) is 24.1 Å². The number of nitrogens with zero attached hydrogens (tertiary/aromatic N) is 1. The molecule has 0 spiro atoms. The molecule has 1 aliphatic heterocycles. The SMILES string of the molecule is CN1CCc2[nH]c(=O)c3ccccc3c2C1.OCCCCNCC(O)CO. The summed E-state index contributed by atoms with van der Waals surface area (Å²) in [4.78, 5) is 17.2. The van der Waals surface area contributed by atoms with Crippen LogP contribution in [0.4, 0.5) is 0 Å². The molecular weight excluding hydrogens is 346 g/mol. The second-order valence-corrected chi connectivity index (χ2v) is 6.92. The number of benzene rings is 1. The molecule has 2 aromatic rings. The third-order valence-corrected chi connectivity index (χ3v) is 4.65. The number of aromatic amines is 1. The molecule has 1 atom stereocenters. The normalized spacial score (nSPS) is 15.1. The Morgan fingerprint density at radius 2 is 1.96 bits per heavy atom. The number of fused-ring (bicyclic) bond motifs is 3. The van der Waals surface area contributed by atoms with Crippen molar-refractivity contribution in [3.05, 3.63) is 45.9 Å². The molecule has 0 aliphatic carbocycles. The zero-order valence-corrected chi connectivity index (χ0v) is 15.9. The Labute approximate surface area is 159 Å². The molecule has 7 heteroatoms. The number of hydrogen-bond acceptors (Lipinski definition) is 6. The van der Waals surface area contributed by atoms with Gasteiger partial charge in [-0.3, -0.25) is 4.79 Å². The van der Waals surface area contributed by atoms with Crippen molar-refractivity contribution in [3.8, 4) is 0 Å². The highest BCUT2D eigenvalue weighted by Gasteiger charge is 2.17. The van der Waals surface area contributed by atoms with Crippen LogP contribution >= 0.6 is 0 Å². The number of aliphatic hydroxyl groups is 3. The Kier molecular flexibility index (Phi) is 8.90. The summed E-state index contributed by atoms with van der Waals surface area (Å²) >= 11 is 0. The Hall–Kier alpha value is -1.77. The van der Waals surface area contributed by atoms with E-state index in [0.717, 1.165) is 55.4 Å². The molecule has 1 aromatic carbocycles. The van der Waals surface area contributed by atoms with Crippen LogP contribution in [0.25, 0.3) is 10.8 Å². The van der Waals surface area contributed by atoms with Gasteiger partial charge in [-0.2, -0.15) is 0 Å². The van der Waals surface area contributed by atoms with Gasteiger partial charge in [-0.05, 0) is 43.5 Å². The van der Waals surface area contributed by atoms with E-state index in [4.69, 9.17) is 15.3 Å². The summed E-state index contributed by atoms with van der Waals surface area (Å²) < 4.78 is 0. The Morgan fingerprint density at radius 1 is 1.22 bits per heavy atom. The van der Waals surface area contributed by atoms with Gasteiger partial charge in [0.1, 0.15) is 0 Å². The fourth-order valence-electron chi connectivity index (χ4n) is 3.13. The molecule has 1 aliphatic rings. The quantitative estimate of drug-likeness (QED) is 0.442. The van der Waals surface area contributed by atoms with Gasteiger partial charge < -0.3 is 30.5 Å². The van der Waals surface area contributed by atoms with Gasteiger partial charge in [0, 0.05) is 43.7 Å². The van der Waals surface area contributed by atoms with Crippen molar-refractivity contribution >= 4 is 10.8 Å². The van der Waals surface area contributed by atoms with Crippen molar-refractivity contribution in [2.24, 2.45) is 0 Å². The summed E-state index contributed by atoms with van der Waals surface area (Å²) in [6, 6.07) is 7.85. The molecule has 0 saturated carbocycles. The third-order valence-electron chi connectivity index (χ3n) is 4.65. The van der Waals surface area contributed by atoms with Gasteiger partial charge in [0.2, 0.25) is 0 Å². The van der Waals surface area contributed by atoms with E-state index >= 15 is 0 Å². The topological polar surface area (TPSA) is 109 Å². The van der Waals surface area contributed by atoms with Crippen LogP contribution in [0.15, 0.2) is 29.1 Å². The molecular formula is C20H31N3O4. The number of H-pyrrole nitrogens is 1. The second-order valence-electron chi connectivity index (χ2n) is 6.92. The molecule has 150 valence electrons. The van der Waals surface area contributed by atoms with Crippen molar-refractivity contribution in [2.75, 3.05) is 39.9 Å². The third kappa shape index (κ3) is 6.41. The predicted molar refractivity (Wildman–Crippen MR) is 107 cm³/mol. The molecule has 0 fully saturated rings. The molecule has 0 bridgehead atoms. The number of hydrogen-bond donors (Lipinski definition) is 5. The molecule has 3 rings (SSSR count). The average molecular weight is 377 g/mol. The van der Waals surface area contributed by atoms with Gasteiger partial charge in [0.05, 0.1) is 12.7 Å². The van der Waals surface area contributed by atoms with E-state index < -0.39 is 6.10 Å². The first kappa shape index (κ1) is 21.5. The number of unbranched alkanes of at least 4 members (excludes halogenated alkanes) is 1. The van der Waals surface area contributed by atoms with Crippen molar-refractivity contribution in [3.63, 3.8) is 0 Å². The van der Waals surface area contributed by atoms with Crippen LogP contribution in [0.5, 0.6) is 0 Å². The van der Waals surface area contributed by atoms with Gasteiger partial charge in [-0.25, -0.2) is 0 Å². The van der Waals surface area contributed by atoms with E-state index in [9.17, 15) is 4.79 Å². The molecule has 0 amide bonds. The maximum absolute atomic E-state index is 11.9. The fraction of sp³-hybridized carbons (Fsp3) is 0.550. The van der Waals surface area contributed by atoms with Crippen LogP contribution in [0.2, 0.25) is 0 Å². The van der Waals surface area contributed by atoms with Crippen molar-refractivity contribution in [1.82, 2.24) is 15.2 Å². The van der Waals surface area contributed by atoms with E-state index in [0.29, 0.717) is 6.54 Å². The minimum absolute atomic E-state index is 0.0407. The largest absolute Gasteiger partial charge is 0.396 e. The molecule has 0 radical (unpaired) electrons. The van der Waals surface area contributed by atoms with Crippen LogP contribution < -0.4 is 10.9 Å². The smallest absolute Gasteiger partial charge is 0.256 e. The predicted octanol–water partition coefficient (Wildman–Crippen LogP) is 0.218. The Balaban J connectivity index is 0.000000211. The Morgan fingerprint density at radius 3 is 2.67 bits per heavy atom. The van der Waals surface area contributed by atoms with Gasteiger partial charge >= 0.3 is 0 Å². The van der Waals surface area contributed by atoms with Crippen molar-refractivity contribution < 1.29 is 15.3 Å². The maximum atomic E-state index is 11.9. The van der Waals surface area contributed by atoms with E-state index in [2.05, 4.69) is 22.2 Å². The fourth-order valence-corrected chi connectivity index (χ4v) is 3.13. The van der Waals surface area contributed by atoms with Gasteiger partial charge in [-0.1, -0.05) is 18.2 Å². The molecule has 0 saturated heterocycles. The van der Waals surface area contributed by atoms with Gasteiger partial charge in [0.15, 0.2) is 0 Å². The number of nitrogens with one attached hydrogen (secondary N) is 2. The summed E-state index contributed by atoms with van der Waals surface area (Å²) in [7, 11) is 2.11. The highest BCUT2D eigenvalue weighted by atomic mass is 16.3. The number of aromatic nitrogens is 1. The lowest BCUT2D eigenvalue weighted by atomic mass is 9.99. The van der Waals surface area contributed by atoms with Crippen LogP contribution in [0.3, 0.4) is 0 Å². The minimum Gasteiger partial charge on any atom is -0.396 e. The lowest BCUT2D eigenvalue weighted by Gasteiger charge is -2.25. The molecule has 2 heterocycles. The lowest BCUT2D eigenvalue weighted by molar-refractivity contribution is 0.0944. The zero-order valence-electron chi connectivity index (χ0n) is 15.9. The summed E-state index contributed by atoms with van der Waals surface area (Å²) in [6.45, 7) is 3.14. The number of rotatable bonds is 7. The van der Waals surface area contributed by atoms with Crippen molar-refractivity contribution in [2.45, 2.75) is 31.9 Å². The average Bonchev–Trinajstić information content (AvgIpc) is 2.69. The molecule has 5 N–H and O–H groups in total. The lowest BCUT2D eigenvalue weighted by Crippen LogP contribution is -2.29. The second kappa shape index (κ2) is 11.2. The highest BCUT2D eigenvalue weighted by molar-refractivity contribution is 5.85. The van der Waals surface area contributed by atoms with Crippen LogP contribution in [0, 0.1) is 0 Å². The number of pyridine rings is 1. The van der Waals surface area contributed by atoms with Crippen LogP contribution in [-0.4, -0.2) is 71.2 Å². The van der Waals surface area contributed by atoms with Crippen LogP contribution in [-0.2, 0) is 13.0 Å². The molecule has 27 heavy (non-hydrogen) atoms. The zero-order chi connectivity index (χ0) is 19.6. The molecule has 1 aromatic heterocycles. The molecule has 1 unspecified atom stereocenters. The van der Waals surface area contributed by atoms with E-state index in [1.807, 2.05) is 24.3 Å². The van der Waals surface area contributed by atoms with Crippen molar-refractivity contribution in [1.29, 1.82) is 0 Å². The summed E-state index contributed by atoms with van der Waals surface area (Å²) in [5.41, 5.74) is 2.43. The Bertz CT molecular complexity index is 762. The monoisotopic (exact) mass is 377 g/mol. The maximum Gasteiger partial charge on any atom is 0.256 e. The molecule has 7 nitrogen and oxygen atoms in total. The van der Waals surface area contributed by atoms with E-state index in [1.54, 1.807) is 0 Å². The first-order chi connectivity index (χ1) is 13.1. The minimum atomic E-state index is -0.663. The summed E-state index contributed by atoms with van der Waals surface area (Å²) in [5.74, 6) is 0. The summed E-state index contributed by atoms with van der Waals surface area (Å²) in [5, 5.41) is 30.5. The standard InChI is InChI=1S/C13H14N2O.C7H17NO3/c1-15-7-6-12-11(8-15)9-4-2-3-5-10(9)13(16)14-12;9-4-2-1-3-8-5-7(11)6-10/h2-5H,6-8H2,1H3,(H,14,16);7-11H,1-6H2. The highest BCUT2D eigenvalue weighted by Crippen LogP contribution is 2.22. The number of likely N-dealkylation sites (N-methyl/N-ethyl adjacent to an activating group) is 1. The van der Waals surface area contributed by atoms with E-state index in [-0.39, 0.29) is 18.8 Å². The van der Waals surface area contributed by atoms with Gasteiger partial charge in [0.25, 0.3) is 5.56 Å². The first-order valence-corrected chi connectivity index (χ1v) is 9.48. The first-order valence-electron chi connectivity index (χ1n) is 9.48. The number of aliphatic hydroxyl groups excluding tert-OH is 3.